The van der Waals surface area contributed by atoms with E-state index in [2.05, 4.69) is 34.7 Å². The molecule has 2 aromatic heterocycles. The number of thiophene rings is 1. The van der Waals surface area contributed by atoms with Gasteiger partial charge >= 0.3 is 0 Å². The number of nitrogens with one attached hydrogen (secondary N) is 1. The van der Waals surface area contributed by atoms with E-state index < -0.39 is 0 Å². The third-order valence-electron chi connectivity index (χ3n) is 2.68. The summed E-state index contributed by atoms with van der Waals surface area (Å²) in [7, 11) is 0. The van der Waals surface area contributed by atoms with Gasteiger partial charge in [-0.2, -0.15) is 0 Å². The van der Waals surface area contributed by atoms with Gasteiger partial charge in [-0.3, -0.25) is 0 Å². The van der Waals surface area contributed by atoms with E-state index in [0.29, 0.717) is 12.5 Å². The van der Waals surface area contributed by atoms with Gasteiger partial charge in [0, 0.05) is 23.2 Å². The minimum Gasteiger partial charge on any atom is -0.472 e. The Balaban J connectivity index is 1.95. The Labute approximate surface area is 112 Å². The molecule has 96 valence electrons. The van der Waals surface area contributed by atoms with Crippen LogP contribution in [0.15, 0.2) is 29.6 Å². The van der Waals surface area contributed by atoms with Crippen molar-refractivity contribution in [2.45, 2.75) is 27.0 Å². The van der Waals surface area contributed by atoms with E-state index in [-0.39, 0.29) is 0 Å². The maximum absolute atomic E-state index is 5.67. The summed E-state index contributed by atoms with van der Waals surface area (Å²) in [5.74, 6) is 0.696. The molecule has 2 rings (SSSR count). The van der Waals surface area contributed by atoms with Crippen molar-refractivity contribution in [3.8, 4) is 5.88 Å². The van der Waals surface area contributed by atoms with Crippen LogP contribution < -0.4 is 10.1 Å². The summed E-state index contributed by atoms with van der Waals surface area (Å²) >= 11 is 1.70. The summed E-state index contributed by atoms with van der Waals surface area (Å²) in [4.78, 5) is 5.68. The zero-order chi connectivity index (χ0) is 12.8. The van der Waals surface area contributed by atoms with Crippen molar-refractivity contribution in [2.24, 2.45) is 0 Å². The first-order chi connectivity index (χ1) is 8.79. The summed E-state index contributed by atoms with van der Waals surface area (Å²) in [6.45, 7) is 6.54. The first-order valence-electron chi connectivity index (χ1n) is 6.12. The third-order valence-corrected chi connectivity index (χ3v) is 3.53. The van der Waals surface area contributed by atoms with Crippen molar-refractivity contribution in [3.63, 3.8) is 0 Å². The smallest absolute Gasteiger partial charge is 0.213 e. The van der Waals surface area contributed by atoms with Gasteiger partial charge in [-0.25, -0.2) is 4.98 Å². The van der Waals surface area contributed by atoms with E-state index in [9.17, 15) is 0 Å². The van der Waals surface area contributed by atoms with Gasteiger partial charge in [-0.1, -0.05) is 19.1 Å². The molecule has 3 nitrogen and oxygen atoms in total. The molecular weight excluding hydrogens is 244 g/mol. The van der Waals surface area contributed by atoms with Crippen molar-refractivity contribution in [2.75, 3.05) is 6.54 Å². The van der Waals surface area contributed by atoms with E-state index in [1.165, 1.54) is 10.4 Å². The molecule has 0 aromatic carbocycles. The molecule has 2 aromatic rings. The fourth-order valence-corrected chi connectivity index (χ4v) is 2.25. The van der Waals surface area contributed by atoms with Gasteiger partial charge in [0.2, 0.25) is 5.88 Å². The Kier molecular flexibility index (Phi) is 4.73. The van der Waals surface area contributed by atoms with Crippen LogP contribution in [0.4, 0.5) is 0 Å². The number of rotatable bonds is 6. The second-order valence-electron chi connectivity index (χ2n) is 4.04. The molecule has 0 bridgehead atoms. The lowest BCUT2D eigenvalue weighted by Crippen LogP contribution is -2.13. The van der Waals surface area contributed by atoms with Crippen molar-refractivity contribution in [1.82, 2.24) is 10.3 Å². The lowest BCUT2D eigenvalue weighted by atomic mass is 10.2. The lowest BCUT2D eigenvalue weighted by molar-refractivity contribution is 0.296. The molecule has 0 aliphatic carbocycles. The quantitative estimate of drug-likeness (QED) is 0.868. The van der Waals surface area contributed by atoms with E-state index >= 15 is 0 Å². The second kappa shape index (κ2) is 6.52. The summed E-state index contributed by atoms with van der Waals surface area (Å²) in [5.41, 5.74) is 2.25. The van der Waals surface area contributed by atoms with Crippen LogP contribution in [0.1, 0.15) is 23.1 Å². The highest BCUT2D eigenvalue weighted by Crippen LogP contribution is 2.16. The first kappa shape index (κ1) is 13.1. The topological polar surface area (TPSA) is 34.1 Å². The fraction of sp³-hybridized carbons (Fsp3) is 0.357. The van der Waals surface area contributed by atoms with E-state index in [1.807, 2.05) is 19.1 Å². The monoisotopic (exact) mass is 262 g/mol. The molecule has 18 heavy (non-hydrogen) atoms. The SMILES string of the molecule is CCNCc1ccc(OCc2cccs2)nc1C. The minimum atomic E-state index is 0.594. The standard InChI is InChI=1S/C14H18N2OS/c1-3-15-9-12-6-7-14(16-11(12)2)17-10-13-5-4-8-18-13/h4-8,15H,3,9-10H2,1-2H3. The molecule has 0 spiro atoms. The van der Waals surface area contributed by atoms with Gasteiger partial charge in [0.25, 0.3) is 0 Å². The van der Waals surface area contributed by atoms with Crippen molar-refractivity contribution in [3.05, 3.63) is 45.8 Å². The molecule has 0 saturated heterocycles. The van der Waals surface area contributed by atoms with Crippen LogP contribution in [-0.4, -0.2) is 11.5 Å². The molecule has 4 heteroatoms. The Hall–Kier alpha value is -1.39. The Morgan fingerprint density at radius 2 is 2.22 bits per heavy atom. The highest BCUT2D eigenvalue weighted by molar-refractivity contribution is 7.09. The number of aryl methyl sites for hydroxylation is 1. The molecule has 0 fully saturated rings. The number of nitrogens with zero attached hydrogens (tertiary/aromatic N) is 1. The zero-order valence-electron chi connectivity index (χ0n) is 10.8. The van der Waals surface area contributed by atoms with Crippen molar-refractivity contribution < 1.29 is 4.74 Å². The highest BCUT2D eigenvalue weighted by atomic mass is 32.1. The average molecular weight is 262 g/mol. The summed E-state index contributed by atoms with van der Waals surface area (Å²) in [6, 6.07) is 8.11. The predicted molar refractivity (Wildman–Crippen MR) is 75.0 cm³/mol. The maximum Gasteiger partial charge on any atom is 0.213 e. The number of ether oxygens (including phenoxy) is 1. The summed E-state index contributed by atoms with van der Waals surface area (Å²) in [5, 5.41) is 5.35. The molecule has 0 aliphatic rings. The Bertz CT molecular complexity index is 483. The van der Waals surface area contributed by atoms with Gasteiger partial charge in [0.1, 0.15) is 6.61 Å². The van der Waals surface area contributed by atoms with Gasteiger partial charge in [-0.05, 0) is 30.5 Å². The van der Waals surface area contributed by atoms with Gasteiger partial charge in [0.15, 0.2) is 0 Å². The normalized spacial score (nSPS) is 10.6. The van der Waals surface area contributed by atoms with Crippen LogP contribution in [-0.2, 0) is 13.2 Å². The summed E-state index contributed by atoms with van der Waals surface area (Å²) < 4.78 is 5.67. The van der Waals surface area contributed by atoms with E-state index in [0.717, 1.165) is 18.8 Å². The van der Waals surface area contributed by atoms with Gasteiger partial charge in [-0.15, -0.1) is 11.3 Å². The van der Waals surface area contributed by atoms with Crippen LogP contribution >= 0.6 is 11.3 Å². The van der Waals surface area contributed by atoms with E-state index in [1.54, 1.807) is 11.3 Å². The van der Waals surface area contributed by atoms with Crippen LogP contribution in [0.5, 0.6) is 5.88 Å². The minimum absolute atomic E-state index is 0.594. The molecule has 0 amide bonds. The number of hydrogen-bond acceptors (Lipinski definition) is 4. The number of aromatic nitrogens is 1. The van der Waals surface area contributed by atoms with E-state index in [4.69, 9.17) is 4.74 Å². The average Bonchev–Trinajstić information content (AvgIpc) is 2.88. The molecule has 0 saturated carbocycles. The molecule has 0 aliphatic heterocycles. The number of pyridine rings is 1. The second-order valence-corrected chi connectivity index (χ2v) is 5.07. The van der Waals surface area contributed by atoms with Crippen LogP contribution in [0.25, 0.3) is 0 Å². The largest absolute Gasteiger partial charge is 0.472 e. The molecule has 0 atom stereocenters. The Morgan fingerprint density at radius 1 is 1.33 bits per heavy atom. The molecular formula is C14H18N2OS. The highest BCUT2D eigenvalue weighted by Gasteiger charge is 2.03. The number of hydrogen-bond donors (Lipinski definition) is 1. The van der Waals surface area contributed by atoms with Gasteiger partial charge in [0.05, 0.1) is 0 Å². The predicted octanol–water partition coefficient (Wildman–Crippen LogP) is 3.14. The molecule has 0 unspecified atom stereocenters. The summed E-state index contributed by atoms with van der Waals surface area (Å²) in [6.07, 6.45) is 0. The maximum atomic E-state index is 5.67. The molecule has 1 N–H and O–H groups in total. The van der Waals surface area contributed by atoms with Crippen molar-refractivity contribution >= 4 is 11.3 Å². The molecule has 0 radical (unpaired) electrons. The van der Waals surface area contributed by atoms with Crippen LogP contribution in [0.3, 0.4) is 0 Å². The van der Waals surface area contributed by atoms with Crippen LogP contribution in [0.2, 0.25) is 0 Å². The van der Waals surface area contributed by atoms with Crippen molar-refractivity contribution in [1.29, 1.82) is 0 Å². The third kappa shape index (κ3) is 3.55. The van der Waals surface area contributed by atoms with Crippen LogP contribution in [0, 0.1) is 6.92 Å². The molecule has 2 heterocycles. The van der Waals surface area contributed by atoms with Gasteiger partial charge < -0.3 is 10.1 Å². The zero-order valence-corrected chi connectivity index (χ0v) is 11.6. The Morgan fingerprint density at radius 3 is 2.89 bits per heavy atom. The lowest BCUT2D eigenvalue weighted by Gasteiger charge is -2.08. The fourth-order valence-electron chi connectivity index (χ4n) is 1.63. The first-order valence-corrected chi connectivity index (χ1v) is 7.00.